The Balaban J connectivity index is 1.87. The van der Waals surface area contributed by atoms with E-state index in [2.05, 4.69) is 15.5 Å². The van der Waals surface area contributed by atoms with Crippen LogP contribution in [0, 0.1) is 6.92 Å². The molecule has 17 heavy (non-hydrogen) atoms. The van der Waals surface area contributed by atoms with E-state index >= 15 is 0 Å². The minimum atomic E-state index is -0.723. The van der Waals surface area contributed by atoms with Crippen LogP contribution in [0.15, 0.2) is 6.07 Å². The number of hydrogen-bond acceptors (Lipinski definition) is 3. The van der Waals surface area contributed by atoms with E-state index in [0.29, 0.717) is 12.2 Å². The van der Waals surface area contributed by atoms with Crippen LogP contribution in [0.3, 0.4) is 0 Å². The van der Waals surface area contributed by atoms with E-state index in [4.69, 9.17) is 0 Å². The van der Waals surface area contributed by atoms with Crippen molar-refractivity contribution in [3.63, 3.8) is 0 Å². The summed E-state index contributed by atoms with van der Waals surface area (Å²) in [6.45, 7) is 2.16. The highest BCUT2D eigenvalue weighted by molar-refractivity contribution is 5.92. The summed E-state index contributed by atoms with van der Waals surface area (Å²) >= 11 is 0. The summed E-state index contributed by atoms with van der Waals surface area (Å²) in [6, 6.07) is 1.69. The highest BCUT2D eigenvalue weighted by Crippen LogP contribution is 2.27. The zero-order valence-electron chi connectivity index (χ0n) is 10.1. The van der Waals surface area contributed by atoms with Crippen molar-refractivity contribution in [2.24, 2.45) is 0 Å². The molecular formula is C12H19N3O2. The van der Waals surface area contributed by atoms with Gasteiger partial charge in [-0.2, -0.15) is 5.10 Å². The van der Waals surface area contributed by atoms with Gasteiger partial charge in [-0.1, -0.05) is 19.3 Å². The van der Waals surface area contributed by atoms with Gasteiger partial charge in [-0.25, -0.2) is 0 Å². The van der Waals surface area contributed by atoms with Crippen molar-refractivity contribution < 1.29 is 9.90 Å². The average Bonchev–Trinajstić information content (AvgIpc) is 2.74. The molecule has 0 aliphatic heterocycles. The van der Waals surface area contributed by atoms with Crippen LogP contribution in [0.4, 0.5) is 0 Å². The lowest BCUT2D eigenvalue weighted by Crippen LogP contribution is -2.44. The first-order valence-electron chi connectivity index (χ1n) is 6.12. The number of rotatable bonds is 3. The first-order chi connectivity index (χ1) is 8.09. The number of aliphatic hydroxyl groups is 1. The second-order valence-electron chi connectivity index (χ2n) is 4.90. The van der Waals surface area contributed by atoms with Gasteiger partial charge in [0.25, 0.3) is 5.91 Å². The molecule has 5 heteroatoms. The van der Waals surface area contributed by atoms with E-state index in [0.717, 1.165) is 31.4 Å². The molecule has 0 spiro atoms. The van der Waals surface area contributed by atoms with E-state index in [1.54, 1.807) is 6.07 Å². The van der Waals surface area contributed by atoms with Gasteiger partial charge >= 0.3 is 0 Å². The van der Waals surface area contributed by atoms with E-state index < -0.39 is 5.60 Å². The highest BCUT2D eigenvalue weighted by atomic mass is 16.3. The van der Waals surface area contributed by atoms with Gasteiger partial charge in [-0.15, -0.1) is 0 Å². The molecule has 5 nitrogen and oxygen atoms in total. The summed E-state index contributed by atoms with van der Waals surface area (Å²) in [5.74, 6) is -0.228. The van der Waals surface area contributed by atoms with Crippen molar-refractivity contribution in [3.05, 3.63) is 17.5 Å². The highest BCUT2D eigenvalue weighted by Gasteiger charge is 2.29. The molecule has 2 rings (SSSR count). The summed E-state index contributed by atoms with van der Waals surface area (Å²) in [6.07, 6.45) is 4.79. The normalized spacial score (nSPS) is 18.9. The predicted molar refractivity (Wildman–Crippen MR) is 63.7 cm³/mol. The fourth-order valence-corrected chi connectivity index (χ4v) is 2.26. The zero-order valence-corrected chi connectivity index (χ0v) is 10.1. The number of carbonyl (C=O) groups is 1. The van der Waals surface area contributed by atoms with E-state index in [1.165, 1.54) is 6.42 Å². The fraction of sp³-hybridized carbons (Fsp3) is 0.667. The standard InChI is InChI=1S/C12H19N3O2/c1-9-7-10(15-14-9)11(16)13-8-12(17)5-3-2-4-6-12/h7,17H,2-6,8H2,1H3,(H,13,16)(H,14,15). The number of nitrogens with zero attached hydrogens (tertiary/aromatic N) is 1. The van der Waals surface area contributed by atoms with Crippen LogP contribution in [-0.4, -0.2) is 33.4 Å². The Bertz CT molecular complexity index is 394. The molecule has 1 fully saturated rings. The largest absolute Gasteiger partial charge is 0.388 e. The Morgan fingerprint density at radius 1 is 1.53 bits per heavy atom. The first-order valence-corrected chi connectivity index (χ1v) is 6.12. The van der Waals surface area contributed by atoms with Crippen LogP contribution in [0.1, 0.15) is 48.3 Å². The second kappa shape index (κ2) is 4.87. The van der Waals surface area contributed by atoms with Gasteiger partial charge in [0.05, 0.1) is 5.60 Å². The number of amides is 1. The monoisotopic (exact) mass is 237 g/mol. The average molecular weight is 237 g/mol. The molecule has 1 amide bonds. The Kier molecular flexibility index (Phi) is 3.47. The molecule has 1 aromatic rings. The molecule has 0 radical (unpaired) electrons. The van der Waals surface area contributed by atoms with Crippen molar-refractivity contribution >= 4 is 5.91 Å². The van der Waals surface area contributed by atoms with Crippen molar-refractivity contribution in [2.75, 3.05) is 6.54 Å². The van der Waals surface area contributed by atoms with Gasteiger partial charge in [0.2, 0.25) is 0 Å². The number of H-pyrrole nitrogens is 1. The van der Waals surface area contributed by atoms with Gasteiger partial charge in [-0.3, -0.25) is 9.89 Å². The van der Waals surface area contributed by atoms with Gasteiger partial charge in [0, 0.05) is 12.2 Å². The molecule has 1 aliphatic rings. The first kappa shape index (κ1) is 12.1. The Hall–Kier alpha value is -1.36. The van der Waals surface area contributed by atoms with Crippen molar-refractivity contribution in [2.45, 2.75) is 44.6 Å². The van der Waals surface area contributed by atoms with Crippen LogP contribution in [0.25, 0.3) is 0 Å². The lowest BCUT2D eigenvalue weighted by atomic mass is 9.85. The summed E-state index contributed by atoms with van der Waals surface area (Å²) in [5.41, 5.74) is 0.507. The minimum Gasteiger partial charge on any atom is -0.388 e. The maximum atomic E-state index is 11.7. The third kappa shape index (κ3) is 3.06. The van der Waals surface area contributed by atoms with Crippen LogP contribution in [0.2, 0.25) is 0 Å². The van der Waals surface area contributed by atoms with Gasteiger partial charge < -0.3 is 10.4 Å². The molecule has 1 heterocycles. The van der Waals surface area contributed by atoms with Crippen molar-refractivity contribution in [3.8, 4) is 0 Å². The molecule has 1 aromatic heterocycles. The number of aryl methyl sites for hydroxylation is 1. The number of nitrogens with one attached hydrogen (secondary N) is 2. The number of carbonyl (C=O) groups excluding carboxylic acids is 1. The van der Waals surface area contributed by atoms with Crippen LogP contribution in [0.5, 0.6) is 0 Å². The van der Waals surface area contributed by atoms with Crippen LogP contribution < -0.4 is 5.32 Å². The molecule has 0 unspecified atom stereocenters. The third-order valence-electron chi connectivity index (χ3n) is 3.30. The molecule has 94 valence electrons. The van der Waals surface area contributed by atoms with Gasteiger partial charge in [-0.05, 0) is 25.8 Å². The van der Waals surface area contributed by atoms with Crippen LogP contribution >= 0.6 is 0 Å². The zero-order chi connectivity index (χ0) is 12.3. The molecule has 1 saturated carbocycles. The molecule has 0 aromatic carbocycles. The lowest BCUT2D eigenvalue weighted by Gasteiger charge is -2.31. The van der Waals surface area contributed by atoms with Crippen molar-refractivity contribution in [1.29, 1.82) is 0 Å². The fourth-order valence-electron chi connectivity index (χ4n) is 2.26. The molecule has 0 saturated heterocycles. The lowest BCUT2D eigenvalue weighted by molar-refractivity contribution is 0.00521. The second-order valence-corrected chi connectivity index (χ2v) is 4.90. The molecular weight excluding hydrogens is 218 g/mol. The van der Waals surface area contributed by atoms with E-state index in [-0.39, 0.29) is 5.91 Å². The Morgan fingerprint density at radius 3 is 2.82 bits per heavy atom. The number of aromatic nitrogens is 2. The van der Waals surface area contributed by atoms with Gasteiger partial charge in [0.1, 0.15) is 5.69 Å². The smallest absolute Gasteiger partial charge is 0.271 e. The number of aromatic amines is 1. The summed E-state index contributed by atoms with van der Waals surface area (Å²) in [7, 11) is 0. The summed E-state index contributed by atoms with van der Waals surface area (Å²) in [4.78, 5) is 11.7. The summed E-state index contributed by atoms with van der Waals surface area (Å²) in [5, 5.41) is 19.6. The minimum absolute atomic E-state index is 0.228. The molecule has 0 bridgehead atoms. The van der Waals surface area contributed by atoms with Crippen molar-refractivity contribution in [1.82, 2.24) is 15.5 Å². The topological polar surface area (TPSA) is 78.0 Å². The maximum Gasteiger partial charge on any atom is 0.271 e. The molecule has 3 N–H and O–H groups in total. The SMILES string of the molecule is Cc1cc(C(=O)NCC2(O)CCCCC2)n[nH]1. The predicted octanol–water partition coefficient (Wildman–Crippen LogP) is 1.14. The van der Waals surface area contributed by atoms with E-state index in [9.17, 15) is 9.90 Å². The Labute approximate surface area is 101 Å². The molecule has 1 aliphatic carbocycles. The van der Waals surface area contributed by atoms with E-state index in [1.807, 2.05) is 6.92 Å². The Morgan fingerprint density at radius 2 is 2.24 bits per heavy atom. The molecule has 0 atom stereocenters. The quantitative estimate of drug-likeness (QED) is 0.737. The third-order valence-corrected chi connectivity index (χ3v) is 3.30. The summed E-state index contributed by atoms with van der Waals surface area (Å²) < 4.78 is 0. The number of hydrogen-bond donors (Lipinski definition) is 3. The van der Waals surface area contributed by atoms with Crippen LogP contribution in [-0.2, 0) is 0 Å². The van der Waals surface area contributed by atoms with Gasteiger partial charge in [0.15, 0.2) is 0 Å². The maximum absolute atomic E-state index is 11.7.